The van der Waals surface area contributed by atoms with Crippen LogP contribution in [0.3, 0.4) is 0 Å². The van der Waals surface area contributed by atoms with Crippen molar-refractivity contribution >= 4 is 5.84 Å². The van der Waals surface area contributed by atoms with Crippen LogP contribution < -0.4 is 10.5 Å². The lowest BCUT2D eigenvalue weighted by Crippen LogP contribution is -2.19. The molecule has 0 spiro atoms. The minimum atomic E-state index is -4.39. The van der Waals surface area contributed by atoms with Gasteiger partial charge in [0.05, 0.1) is 0 Å². The Bertz CT molecular complexity index is 364. The van der Waals surface area contributed by atoms with Crippen LogP contribution >= 0.6 is 0 Å². The average molecular weight is 219 g/mol. The van der Waals surface area contributed by atoms with Crippen LogP contribution in [0.5, 0.6) is 5.75 Å². The SMILES string of the molecule is N=C(N)c1cc(OCC(F)(F)F)ccn1. The summed E-state index contributed by atoms with van der Waals surface area (Å²) < 4.78 is 39.8. The molecule has 0 saturated carbocycles. The van der Waals surface area contributed by atoms with Gasteiger partial charge in [0.15, 0.2) is 6.61 Å². The van der Waals surface area contributed by atoms with Gasteiger partial charge in [0.25, 0.3) is 0 Å². The standard InChI is InChI=1S/C8H8F3N3O/c9-8(10,11)4-15-5-1-2-14-6(3-5)7(12)13/h1-3H,4H2,(H3,12,13). The Hall–Kier alpha value is -1.79. The van der Waals surface area contributed by atoms with Crippen LogP contribution in [0.25, 0.3) is 0 Å². The van der Waals surface area contributed by atoms with Crippen LogP contribution in [-0.4, -0.2) is 23.6 Å². The van der Waals surface area contributed by atoms with E-state index in [-0.39, 0.29) is 17.3 Å². The van der Waals surface area contributed by atoms with Crippen LogP contribution in [0, 0.1) is 5.41 Å². The average Bonchev–Trinajstić information content (AvgIpc) is 2.14. The second-order valence-electron chi connectivity index (χ2n) is 2.69. The van der Waals surface area contributed by atoms with E-state index in [0.29, 0.717) is 0 Å². The number of pyridine rings is 1. The number of alkyl halides is 3. The van der Waals surface area contributed by atoms with Crippen molar-refractivity contribution in [2.75, 3.05) is 6.61 Å². The third-order valence-corrected chi connectivity index (χ3v) is 1.41. The molecule has 0 aromatic carbocycles. The Balaban J connectivity index is 2.70. The van der Waals surface area contributed by atoms with Gasteiger partial charge in [0.2, 0.25) is 0 Å². The van der Waals surface area contributed by atoms with E-state index in [1.807, 2.05) is 0 Å². The molecule has 3 N–H and O–H groups in total. The smallest absolute Gasteiger partial charge is 0.422 e. The summed E-state index contributed by atoms with van der Waals surface area (Å²) in [6, 6.07) is 2.44. The highest BCUT2D eigenvalue weighted by Gasteiger charge is 2.28. The van der Waals surface area contributed by atoms with Crippen LogP contribution in [0.1, 0.15) is 5.69 Å². The van der Waals surface area contributed by atoms with E-state index in [9.17, 15) is 13.2 Å². The molecule has 1 aromatic rings. The van der Waals surface area contributed by atoms with Crippen molar-refractivity contribution in [1.82, 2.24) is 4.98 Å². The van der Waals surface area contributed by atoms with Crippen molar-refractivity contribution in [3.8, 4) is 5.75 Å². The zero-order valence-corrected chi connectivity index (χ0v) is 7.51. The van der Waals surface area contributed by atoms with Gasteiger partial charge in [-0.05, 0) is 6.07 Å². The summed E-state index contributed by atoms with van der Waals surface area (Å²) >= 11 is 0. The third kappa shape index (κ3) is 3.84. The van der Waals surface area contributed by atoms with Gasteiger partial charge in [-0.25, -0.2) is 0 Å². The van der Waals surface area contributed by atoms with E-state index in [2.05, 4.69) is 9.72 Å². The molecule has 15 heavy (non-hydrogen) atoms. The molecule has 7 heteroatoms. The molecule has 0 unspecified atom stereocenters. The highest BCUT2D eigenvalue weighted by atomic mass is 19.4. The lowest BCUT2D eigenvalue weighted by molar-refractivity contribution is -0.153. The summed E-state index contributed by atoms with van der Waals surface area (Å²) in [6.07, 6.45) is -3.16. The van der Waals surface area contributed by atoms with E-state index < -0.39 is 12.8 Å². The molecule has 1 rings (SSSR count). The van der Waals surface area contributed by atoms with Crippen LogP contribution in [0.2, 0.25) is 0 Å². The van der Waals surface area contributed by atoms with Gasteiger partial charge in [-0.1, -0.05) is 0 Å². The number of nitrogens with two attached hydrogens (primary N) is 1. The summed E-state index contributed by atoms with van der Waals surface area (Å²) in [6.45, 7) is -1.38. The molecular weight excluding hydrogens is 211 g/mol. The van der Waals surface area contributed by atoms with Gasteiger partial charge in [0, 0.05) is 12.3 Å². The summed E-state index contributed by atoms with van der Waals surface area (Å²) in [5.41, 5.74) is 5.19. The number of rotatable bonds is 3. The summed E-state index contributed by atoms with van der Waals surface area (Å²) in [5.74, 6) is -0.347. The number of halogens is 3. The van der Waals surface area contributed by atoms with E-state index in [0.717, 1.165) is 0 Å². The Morgan fingerprint density at radius 3 is 2.73 bits per heavy atom. The number of hydrogen-bond acceptors (Lipinski definition) is 3. The molecule has 1 aromatic heterocycles. The van der Waals surface area contributed by atoms with Gasteiger partial charge in [-0.2, -0.15) is 13.2 Å². The van der Waals surface area contributed by atoms with E-state index in [1.54, 1.807) is 0 Å². The Labute approximate surface area is 83.4 Å². The molecule has 0 saturated heterocycles. The minimum Gasteiger partial charge on any atom is -0.484 e. The highest BCUT2D eigenvalue weighted by molar-refractivity contribution is 5.93. The molecule has 0 aliphatic heterocycles. The molecule has 0 aliphatic rings. The highest BCUT2D eigenvalue weighted by Crippen LogP contribution is 2.18. The van der Waals surface area contributed by atoms with Gasteiger partial charge < -0.3 is 10.5 Å². The zero-order chi connectivity index (χ0) is 11.5. The number of ether oxygens (including phenoxy) is 1. The van der Waals surface area contributed by atoms with Crippen molar-refractivity contribution in [2.24, 2.45) is 5.73 Å². The molecule has 0 atom stereocenters. The first-order valence-corrected chi connectivity index (χ1v) is 3.88. The first-order valence-electron chi connectivity index (χ1n) is 3.88. The second-order valence-corrected chi connectivity index (χ2v) is 2.69. The first-order chi connectivity index (χ1) is 6.88. The monoisotopic (exact) mass is 219 g/mol. The van der Waals surface area contributed by atoms with Crippen LogP contribution in [0.4, 0.5) is 13.2 Å². The van der Waals surface area contributed by atoms with Gasteiger partial charge in [0.1, 0.15) is 17.3 Å². The normalized spacial score (nSPS) is 11.1. The quantitative estimate of drug-likeness (QED) is 0.594. The lowest BCUT2D eigenvalue weighted by atomic mass is 10.3. The minimum absolute atomic E-state index is 0.0208. The van der Waals surface area contributed by atoms with Crippen molar-refractivity contribution in [1.29, 1.82) is 5.41 Å². The number of nitrogens with zero attached hydrogens (tertiary/aromatic N) is 1. The van der Waals surface area contributed by atoms with Crippen LogP contribution in [0.15, 0.2) is 18.3 Å². The molecule has 82 valence electrons. The maximum absolute atomic E-state index is 11.8. The molecule has 0 fully saturated rings. The van der Waals surface area contributed by atoms with Crippen molar-refractivity contribution in [2.45, 2.75) is 6.18 Å². The number of amidine groups is 1. The molecule has 0 aliphatic carbocycles. The number of hydrogen-bond donors (Lipinski definition) is 2. The molecular formula is C8H8F3N3O. The molecule has 0 amide bonds. The summed E-state index contributed by atoms with van der Waals surface area (Å²) in [7, 11) is 0. The Kier molecular flexibility index (Phi) is 3.13. The fourth-order valence-corrected chi connectivity index (χ4v) is 0.813. The van der Waals surface area contributed by atoms with Gasteiger partial charge in [-0.3, -0.25) is 10.4 Å². The van der Waals surface area contributed by atoms with Crippen molar-refractivity contribution in [3.05, 3.63) is 24.0 Å². The second kappa shape index (κ2) is 4.16. The summed E-state index contributed by atoms with van der Waals surface area (Å²) in [4.78, 5) is 3.67. The first kappa shape index (κ1) is 11.3. The molecule has 1 heterocycles. The summed E-state index contributed by atoms with van der Waals surface area (Å²) in [5, 5.41) is 7.02. The van der Waals surface area contributed by atoms with Crippen molar-refractivity contribution < 1.29 is 17.9 Å². The third-order valence-electron chi connectivity index (χ3n) is 1.41. The maximum atomic E-state index is 11.8. The van der Waals surface area contributed by atoms with E-state index >= 15 is 0 Å². The fraction of sp³-hybridized carbons (Fsp3) is 0.250. The van der Waals surface area contributed by atoms with Crippen LogP contribution in [-0.2, 0) is 0 Å². The Morgan fingerprint density at radius 2 is 2.20 bits per heavy atom. The maximum Gasteiger partial charge on any atom is 0.422 e. The van der Waals surface area contributed by atoms with E-state index in [1.165, 1.54) is 18.3 Å². The largest absolute Gasteiger partial charge is 0.484 e. The molecule has 0 radical (unpaired) electrons. The van der Waals surface area contributed by atoms with E-state index in [4.69, 9.17) is 11.1 Å². The van der Waals surface area contributed by atoms with Gasteiger partial charge in [-0.15, -0.1) is 0 Å². The fourth-order valence-electron chi connectivity index (χ4n) is 0.813. The molecule has 0 bridgehead atoms. The number of nitrogen functional groups attached to an aromatic ring is 1. The predicted molar refractivity (Wildman–Crippen MR) is 46.8 cm³/mol. The number of aromatic nitrogens is 1. The Morgan fingerprint density at radius 1 is 1.53 bits per heavy atom. The topological polar surface area (TPSA) is 72.0 Å². The van der Waals surface area contributed by atoms with Crippen molar-refractivity contribution in [3.63, 3.8) is 0 Å². The predicted octanol–water partition coefficient (Wildman–Crippen LogP) is 1.31. The van der Waals surface area contributed by atoms with Gasteiger partial charge >= 0.3 is 6.18 Å². The zero-order valence-electron chi connectivity index (χ0n) is 7.51. The molecule has 4 nitrogen and oxygen atoms in total. The number of nitrogens with one attached hydrogen (secondary N) is 1. The lowest BCUT2D eigenvalue weighted by Gasteiger charge is -2.09.